The summed E-state index contributed by atoms with van der Waals surface area (Å²) in [5, 5.41) is 8.61. The van der Waals surface area contributed by atoms with E-state index >= 15 is 0 Å². The van der Waals surface area contributed by atoms with Crippen molar-refractivity contribution >= 4 is 17.0 Å². The molecule has 0 aromatic carbocycles. The highest BCUT2D eigenvalue weighted by Gasteiger charge is 2.03. The van der Waals surface area contributed by atoms with Crippen LogP contribution in [0.25, 0.3) is 11.0 Å². The van der Waals surface area contributed by atoms with Crippen LogP contribution in [0.15, 0.2) is 67.6 Å². The molecule has 104 valence electrons. The highest BCUT2D eigenvalue weighted by molar-refractivity contribution is 5.86. The molecule has 0 saturated carbocycles. The predicted molar refractivity (Wildman–Crippen MR) is 77.3 cm³/mol. The standard InChI is InChI=1S/C8H6N2O2.C7H6N2/c11-8(12)7-4-6-2-1-3-10(6)5-9-7;1-2-7-3-4-8-6-9(7)5-1/h1-5H,(H,11,12);1-6H. The molecular formula is C15H12N4O2. The predicted octanol–water partition coefficient (Wildman–Crippen LogP) is 2.37. The van der Waals surface area contributed by atoms with Crippen molar-refractivity contribution in [3.05, 3.63) is 73.3 Å². The summed E-state index contributed by atoms with van der Waals surface area (Å²) in [6.07, 6.45) is 8.85. The molecule has 0 radical (unpaired) electrons. The van der Waals surface area contributed by atoms with E-state index in [4.69, 9.17) is 5.11 Å². The molecule has 0 spiro atoms. The minimum Gasteiger partial charge on any atom is -0.477 e. The third-order valence-corrected chi connectivity index (χ3v) is 2.97. The number of carbonyl (C=O) groups is 1. The van der Waals surface area contributed by atoms with E-state index in [9.17, 15) is 4.79 Å². The van der Waals surface area contributed by atoms with Gasteiger partial charge in [-0.15, -0.1) is 0 Å². The molecule has 0 aliphatic carbocycles. The number of aromatic carboxylic acids is 1. The summed E-state index contributed by atoms with van der Waals surface area (Å²) in [7, 11) is 0. The maximum Gasteiger partial charge on any atom is 0.354 e. The summed E-state index contributed by atoms with van der Waals surface area (Å²) in [5.41, 5.74) is 2.09. The lowest BCUT2D eigenvalue weighted by Gasteiger charge is -1.95. The SMILES string of the molecule is O=C(O)c1cc2cccn2cn1.c1cc2ccncn2c1. The fourth-order valence-corrected chi connectivity index (χ4v) is 1.94. The summed E-state index contributed by atoms with van der Waals surface area (Å²) in [4.78, 5) is 18.2. The normalized spacial score (nSPS) is 10.3. The van der Waals surface area contributed by atoms with E-state index in [-0.39, 0.29) is 5.69 Å². The molecule has 0 fully saturated rings. The number of rotatable bonds is 1. The van der Waals surface area contributed by atoms with Crippen molar-refractivity contribution in [3.63, 3.8) is 0 Å². The largest absolute Gasteiger partial charge is 0.477 e. The number of aromatic nitrogens is 4. The highest BCUT2D eigenvalue weighted by Crippen LogP contribution is 2.04. The van der Waals surface area contributed by atoms with Crippen LogP contribution < -0.4 is 0 Å². The number of hydrogen-bond donors (Lipinski definition) is 1. The summed E-state index contributed by atoms with van der Waals surface area (Å²) in [5.74, 6) is -1.00. The first-order valence-corrected chi connectivity index (χ1v) is 6.27. The number of nitrogens with zero attached hydrogens (tertiary/aromatic N) is 4. The molecule has 0 aliphatic rings. The topological polar surface area (TPSA) is 71.9 Å². The Kier molecular flexibility index (Phi) is 3.34. The second kappa shape index (κ2) is 5.46. The monoisotopic (exact) mass is 280 g/mol. The van der Waals surface area contributed by atoms with Gasteiger partial charge in [0, 0.05) is 29.6 Å². The zero-order chi connectivity index (χ0) is 14.7. The molecule has 4 aromatic heterocycles. The van der Waals surface area contributed by atoms with Crippen LogP contribution in [0.2, 0.25) is 0 Å². The summed E-state index contributed by atoms with van der Waals surface area (Å²) < 4.78 is 3.73. The maximum absolute atomic E-state index is 10.5. The Balaban J connectivity index is 0.000000131. The van der Waals surface area contributed by atoms with Crippen molar-refractivity contribution in [1.29, 1.82) is 0 Å². The molecule has 4 aromatic rings. The van der Waals surface area contributed by atoms with Crippen LogP contribution in [0.4, 0.5) is 0 Å². The Morgan fingerprint density at radius 1 is 1.00 bits per heavy atom. The number of hydrogen-bond acceptors (Lipinski definition) is 3. The first kappa shape index (κ1) is 12.9. The van der Waals surface area contributed by atoms with E-state index in [1.807, 2.05) is 47.1 Å². The fourth-order valence-electron chi connectivity index (χ4n) is 1.94. The van der Waals surface area contributed by atoms with Gasteiger partial charge >= 0.3 is 5.97 Å². The molecule has 6 nitrogen and oxygen atoms in total. The fraction of sp³-hybridized carbons (Fsp3) is 0. The quantitative estimate of drug-likeness (QED) is 0.581. The van der Waals surface area contributed by atoms with E-state index < -0.39 is 5.97 Å². The Bertz CT molecular complexity index is 864. The second-order valence-electron chi connectivity index (χ2n) is 4.34. The second-order valence-corrected chi connectivity index (χ2v) is 4.34. The lowest BCUT2D eigenvalue weighted by atomic mass is 10.3. The molecule has 4 rings (SSSR count). The molecule has 0 unspecified atom stereocenters. The molecule has 0 saturated heterocycles. The lowest BCUT2D eigenvalue weighted by molar-refractivity contribution is 0.0690. The van der Waals surface area contributed by atoms with Gasteiger partial charge in [0.05, 0.1) is 6.33 Å². The highest BCUT2D eigenvalue weighted by atomic mass is 16.4. The number of carboxylic acids is 1. The Morgan fingerprint density at radius 3 is 2.43 bits per heavy atom. The van der Waals surface area contributed by atoms with Gasteiger partial charge in [0.1, 0.15) is 6.33 Å². The smallest absolute Gasteiger partial charge is 0.354 e. The average Bonchev–Trinajstić information content (AvgIpc) is 3.15. The van der Waals surface area contributed by atoms with Gasteiger partial charge in [-0.05, 0) is 36.4 Å². The van der Waals surface area contributed by atoms with Crippen LogP contribution in [0.5, 0.6) is 0 Å². The van der Waals surface area contributed by atoms with E-state index in [1.165, 1.54) is 17.9 Å². The van der Waals surface area contributed by atoms with Crippen molar-refractivity contribution in [3.8, 4) is 0 Å². The lowest BCUT2D eigenvalue weighted by Crippen LogP contribution is -2.00. The molecular weight excluding hydrogens is 268 g/mol. The van der Waals surface area contributed by atoms with Crippen molar-refractivity contribution < 1.29 is 9.90 Å². The van der Waals surface area contributed by atoms with Gasteiger partial charge in [-0.25, -0.2) is 14.8 Å². The van der Waals surface area contributed by atoms with Gasteiger partial charge in [-0.3, -0.25) is 0 Å². The van der Waals surface area contributed by atoms with Crippen molar-refractivity contribution in [2.24, 2.45) is 0 Å². The molecule has 4 heterocycles. The summed E-state index contributed by atoms with van der Waals surface area (Å²) >= 11 is 0. The molecule has 0 atom stereocenters. The number of fused-ring (bicyclic) bond motifs is 2. The van der Waals surface area contributed by atoms with Gasteiger partial charge in [-0.1, -0.05) is 0 Å². The van der Waals surface area contributed by atoms with Crippen LogP contribution in [0, 0.1) is 0 Å². The van der Waals surface area contributed by atoms with E-state index in [0.717, 1.165) is 5.52 Å². The minimum absolute atomic E-state index is 0.0706. The third kappa shape index (κ3) is 2.74. The Labute approximate surface area is 119 Å². The van der Waals surface area contributed by atoms with Gasteiger partial charge in [-0.2, -0.15) is 0 Å². The third-order valence-electron chi connectivity index (χ3n) is 2.97. The first-order chi connectivity index (χ1) is 10.2. The van der Waals surface area contributed by atoms with Gasteiger partial charge in [0.15, 0.2) is 5.69 Å². The molecule has 1 N–H and O–H groups in total. The average molecular weight is 280 g/mol. The van der Waals surface area contributed by atoms with Crippen LogP contribution >= 0.6 is 0 Å². The molecule has 0 aliphatic heterocycles. The molecule has 0 bridgehead atoms. The Hall–Kier alpha value is -3.15. The summed E-state index contributed by atoms with van der Waals surface area (Å²) in [6.45, 7) is 0. The van der Waals surface area contributed by atoms with Crippen LogP contribution in [-0.4, -0.2) is 29.8 Å². The molecule has 0 amide bonds. The first-order valence-electron chi connectivity index (χ1n) is 6.27. The molecule has 21 heavy (non-hydrogen) atoms. The van der Waals surface area contributed by atoms with E-state index in [1.54, 1.807) is 16.9 Å². The van der Waals surface area contributed by atoms with Crippen molar-refractivity contribution in [1.82, 2.24) is 18.8 Å². The van der Waals surface area contributed by atoms with Crippen molar-refractivity contribution in [2.75, 3.05) is 0 Å². The van der Waals surface area contributed by atoms with E-state index in [2.05, 4.69) is 9.97 Å². The molecule has 6 heteroatoms. The van der Waals surface area contributed by atoms with E-state index in [0.29, 0.717) is 0 Å². The van der Waals surface area contributed by atoms with Crippen LogP contribution in [-0.2, 0) is 0 Å². The van der Waals surface area contributed by atoms with Gasteiger partial charge in [0.2, 0.25) is 0 Å². The zero-order valence-electron chi connectivity index (χ0n) is 11.0. The van der Waals surface area contributed by atoms with Gasteiger partial charge in [0.25, 0.3) is 0 Å². The van der Waals surface area contributed by atoms with Crippen LogP contribution in [0.3, 0.4) is 0 Å². The maximum atomic E-state index is 10.5. The summed E-state index contributed by atoms with van der Waals surface area (Å²) in [6, 6.07) is 11.2. The van der Waals surface area contributed by atoms with Gasteiger partial charge < -0.3 is 13.9 Å². The van der Waals surface area contributed by atoms with Crippen molar-refractivity contribution in [2.45, 2.75) is 0 Å². The number of carboxylic acid groups (broad SMARTS) is 1. The zero-order valence-corrected chi connectivity index (χ0v) is 11.0. The van der Waals surface area contributed by atoms with Crippen LogP contribution in [0.1, 0.15) is 10.5 Å². The Morgan fingerprint density at radius 2 is 1.71 bits per heavy atom. The minimum atomic E-state index is -1.00.